The molecule has 0 bridgehead atoms. The van der Waals surface area contributed by atoms with Gasteiger partial charge in [-0.15, -0.1) is 15.6 Å². The first-order chi connectivity index (χ1) is 19.2. The Bertz CT molecular complexity index is 1410. The molecule has 1 aromatic carbocycles. The van der Waals surface area contributed by atoms with Crippen LogP contribution in [-0.2, 0) is 29.1 Å². The highest BCUT2D eigenvalue weighted by molar-refractivity contribution is 7.80. The summed E-state index contributed by atoms with van der Waals surface area (Å²) >= 11 is 1.09. The quantitative estimate of drug-likeness (QED) is 0.0618. The van der Waals surface area contributed by atoms with E-state index in [1.165, 1.54) is 19.2 Å². The molecule has 0 aliphatic carbocycles. The Morgan fingerprint density at radius 3 is 2.42 bits per heavy atom. The third-order valence-corrected chi connectivity index (χ3v) is 7.05. The van der Waals surface area contributed by atoms with Crippen LogP contribution in [0.3, 0.4) is 0 Å². The molecule has 5 N–H and O–H groups in total. The molecule has 1 unspecified atom stereocenters. The van der Waals surface area contributed by atoms with Gasteiger partial charge in [0.1, 0.15) is 23.9 Å². The molecule has 3 rings (SSSR count). The summed E-state index contributed by atoms with van der Waals surface area (Å²) < 4.78 is 41.0. The number of hydrogen-bond donors (Lipinski definition) is 3. The number of ketones is 1. The molecule has 15 nitrogen and oxygen atoms in total. The molecule has 43 heavy (non-hydrogen) atoms. The number of carbonyl (C=O) groups excluding carboxylic acids is 2. The van der Waals surface area contributed by atoms with Crippen molar-refractivity contribution < 1.29 is 36.4 Å². The van der Waals surface area contributed by atoms with Crippen molar-refractivity contribution in [2.75, 3.05) is 46.1 Å². The van der Waals surface area contributed by atoms with Gasteiger partial charge in [-0.2, -0.15) is 27.0 Å². The molecule has 240 valence electrons. The minimum Gasteiger partial charge on any atom is -0.490 e. The van der Waals surface area contributed by atoms with Crippen molar-refractivity contribution in [2.45, 2.75) is 33.2 Å². The summed E-state index contributed by atoms with van der Waals surface area (Å²) in [6.07, 6.45) is -0.346. The molecule has 0 saturated carbocycles. The molecular weight excluding hydrogens is 623 g/mol. The van der Waals surface area contributed by atoms with Crippen LogP contribution in [0.4, 0.5) is 5.13 Å². The van der Waals surface area contributed by atoms with Gasteiger partial charge in [0.25, 0.3) is 5.91 Å². The zero-order valence-electron chi connectivity index (χ0n) is 23.5. The average molecular weight is 662 g/mol. The van der Waals surface area contributed by atoms with Gasteiger partial charge in [-0.3, -0.25) is 19.1 Å². The number of ether oxygens (including phenoxy) is 1. The number of benzene rings is 1. The molecule has 18 heteroatoms. The summed E-state index contributed by atoms with van der Waals surface area (Å²) in [6.45, 7) is 4.43. The van der Waals surface area contributed by atoms with Crippen LogP contribution in [0.5, 0.6) is 5.75 Å². The third kappa shape index (κ3) is 10.4. The second-order valence-electron chi connectivity index (χ2n) is 9.76. The molecule has 1 aromatic heterocycles. The van der Waals surface area contributed by atoms with E-state index in [0.717, 1.165) is 23.4 Å². The minimum atomic E-state index is -4.92. The second-order valence-corrected chi connectivity index (χ2v) is 11.6. The van der Waals surface area contributed by atoms with Crippen LogP contribution in [0.1, 0.15) is 39.0 Å². The smallest absolute Gasteiger partial charge is 0.418 e. The number of nitrogens with two attached hydrogens (primary N) is 2. The number of rotatable bonds is 15. The number of thiazole rings is 1. The number of hydroxylamine groups is 2. The van der Waals surface area contributed by atoms with Gasteiger partial charge in [0.2, 0.25) is 0 Å². The largest absolute Gasteiger partial charge is 0.490 e. The van der Waals surface area contributed by atoms with Crippen LogP contribution in [0.15, 0.2) is 39.8 Å². The van der Waals surface area contributed by atoms with E-state index in [2.05, 4.69) is 19.4 Å². The van der Waals surface area contributed by atoms with Crippen molar-refractivity contribution in [1.82, 2.24) is 14.9 Å². The first-order valence-electron chi connectivity index (χ1n) is 12.3. The number of β-lactam (4-membered cyclic amide) rings is 1. The SMILES string of the molecule is C.CN(C)CCN=C(N)c1ccc(OCCO/N=C(\C(=O)CC2C(=O)N(OS(=O)(=O)O)C2(C)C)c2csc(N)n2)cc1.S. The maximum Gasteiger partial charge on any atom is 0.418 e. The Morgan fingerprint density at radius 1 is 1.23 bits per heavy atom. The van der Waals surface area contributed by atoms with Crippen LogP contribution in [0, 0.1) is 5.92 Å². The summed E-state index contributed by atoms with van der Waals surface area (Å²) in [7, 11) is -1.00. The highest BCUT2D eigenvalue weighted by Gasteiger charge is 2.57. The fourth-order valence-electron chi connectivity index (χ4n) is 3.78. The monoisotopic (exact) mass is 661 g/mol. The van der Waals surface area contributed by atoms with Crippen molar-refractivity contribution in [2.24, 2.45) is 21.8 Å². The van der Waals surface area contributed by atoms with Crippen molar-refractivity contribution in [1.29, 1.82) is 0 Å². The van der Waals surface area contributed by atoms with Crippen molar-refractivity contribution in [3.05, 3.63) is 40.9 Å². The van der Waals surface area contributed by atoms with E-state index in [0.29, 0.717) is 23.2 Å². The second kappa shape index (κ2) is 16.0. The number of nitrogen functional groups attached to an aromatic ring is 1. The van der Waals surface area contributed by atoms with E-state index in [1.54, 1.807) is 24.3 Å². The van der Waals surface area contributed by atoms with E-state index in [9.17, 15) is 18.0 Å². The van der Waals surface area contributed by atoms with Crippen molar-refractivity contribution >= 4 is 63.6 Å². The number of likely N-dealkylation sites (N-methyl/N-ethyl adjacent to an activating group) is 1. The predicted octanol–water partition coefficient (Wildman–Crippen LogP) is 1.47. The molecule has 1 saturated heterocycles. The number of nitrogens with zero attached hydrogens (tertiary/aromatic N) is 5. The van der Waals surface area contributed by atoms with E-state index in [-0.39, 0.29) is 57.1 Å². The van der Waals surface area contributed by atoms with Gasteiger partial charge < -0.3 is 25.9 Å². The molecule has 1 fully saturated rings. The Kier molecular flexibility index (Phi) is 14.0. The first kappa shape index (κ1) is 37.7. The van der Waals surface area contributed by atoms with Crippen LogP contribution in [-0.4, -0.2) is 97.1 Å². The van der Waals surface area contributed by atoms with E-state index in [1.807, 2.05) is 19.0 Å². The Balaban J connectivity index is 0.00000462. The summed E-state index contributed by atoms with van der Waals surface area (Å²) in [6, 6.07) is 7.06. The van der Waals surface area contributed by atoms with E-state index < -0.39 is 33.5 Å². The van der Waals surface area contributed by atoms with Crippen molar-refractivity contribution in [3.8, 4) is 5.75 Å². The number of hydrogen-bond acceptors (Lipinski definition) is 13. The number of aliphatic imine (C=N–C) groups is 1. The van der Waals surface area contributed by atoms with Crippen LogP contribution in [0.25, 0.3) is 0 Å². The number of anilines is 1. The molecule has 0 spiro atoms. The molecule has 1 aliphatic heterocycles. The molecule has 1 atom stereocenters. The normalized spacial score (nSPS) is 16.7. The van der Waals surface area contributed by atoms with Crippen LogP contribution < -0.4 is 16.2 Å². The van der Waals surface area contributed by atoms with E-state index >= 15 is 0 Å². The van der Waals surface area contributed by atoms with Gasteiger partial charge in [0.15, 0.2) is 23.2 Å². The van der Waals surface area contributed by atoms with Gasteiger partial charge in [-0.25, -0.2) is 4.98 Å². The number of amides is 1. The molecular formula is C25H39N7O8S3. The highest BCUT2D eigenvalue weighted by Crippen LogP contribution is 2.40. The minimum absolute atomic E-state index is 0. The topological polar surface area (TPSA) is 212 Å². The summed E-state index contributed by atoms with van der Waals surface area (Å²) in [5.41, 5.74) is 11.3. The lowest BCUT2D eigenvalue weighted by atomic mass is 9.74. The van der Waals surface area contributed by atoms with Gasteiger partial charge >= 0.3 is 10.4 Å². The molecule has 0 radical (unpaired) electrons. The third-order valence-electron chi connectivity index (χ3n) is 6.04. The van der Waals surface area contributed by atoms with Crippen LogP contribution >= 0.6 is 24.8 Å². The number of aromatic nitrogens is 1. The molecule has 1 aliphatic rings. The number of carbonyl (C=O) groups is 2. The lowest BCUT2D eigenvalue weighted by molar-refractivity contribution is -0.228. The van der Waals surface area contributed by atoms with Crippen LogP contribution in [0.2, 0.25) is 0 Å². The van der Waals surface area contributed by atoms with E-state index in [4.69, 9.17) is 25.6 Å². The first-order valence-corrected chi connectivity index (χ1v) is 14.6. The zero-order chi connectivity index (χ0) is 30.4. The maximum absolute atomic E-state index is 13.1. The number of oxime groups is 1. The summed E-state index contributed by atoms with van der Waals surface area (Å²) in [4.78, 5) is 41.3. The number of amidine groups is 1. The molecule has 1 amide bonds. The number of Topliss-reactive ketones (excluding diaryl/α,β-unsaturated/α-hetero) is 1. The average Bonchev–Trinajstić information content (AvgIpc) is 3.32. The Morgan fingerprint density at radius 2 is 1.88 bits per heavy atom. The fourth-order valence-corrected chi connectivity index (χ4v) is 4.78. The maximum atomic E-state index is 13.1. The summed E-state index contributed by atoms with van der Waals surface area (Å²) in [5, 5.41) is 6.15. The van der Waals surface area contributed by atoms with Gasteiger partial charge in [0, 0.05) is 23.9 Å². The fraction of sp³-hybridized carbons (Fsp3) is 0.480. The standard InChI is InChI=1S/C24H33N7O8S2.CH4.H2S/c1-24(2)17(22(33)31(24)39-41(34,35)36)13-19(32)20(18-14-40-23(26)28-18)29-38-12-11-37-16-7-5-15(6-8-16)21(25)27-9-10-30(3)4;;/h5-8,14,17H,9-13H2,1-4H3,(H2,25,27)(H2,26,28)(H,34,35,36);1H4;1H2/b29-20-;;. The molecule has 2 heterocycles. The van der Waals surface area contributed by atoms with Gasteiger partial charge in [0.05, 0.1) is 18.0 Å². The van der Waals surface area contributed by atoms with Crippen molar-refractivity contribution in [3.63, 3.8) is 0 Å². The predicted molar refractivity (Wildman–Crippen MR) is 169 cm³/mol. The molecule has 2 aromatic rings. The van der Waals surface area contributed by atoms with Gasteiger partial charge in [-0.05, 0) is 52.2 Å². The lowest BCUT2D eigenvalue weighted by Gasteiger charge is -2.50. The lowest BCUT2D eigenvalue weighted by Crippen LogP contribution is -2.68. The Hall–Kier alpha value is -3.29. The zero-order valence-corrected chi connectivity index (χ0v) is 26.1. The summed E-state index contributed by atoms with van der Waals surface area (Å²) in [5.74, 6) is -1.33. The Labute approximate surface area is 262 Å². The highest BCUT2D eigenvalue weighted by atomic mass is 32.3. The van der Waals surface area contributed by atoms with Gasteiger partial charge in [-0.1, -0.05) is 12.6 Å².